The molecule has 1 N–H and O–H groups in total. The first kappa shape index (κ1) is 16.4. The van der Waals surface area contributed by atoms with Gasteiger partial charge in [0.15, 0.2) is 0 Å². The molecule has 0 saturated carbocycles. The summed E-state index contributed by atoms with van der Waals surface area (Å²) in [6.45, 7) is 7.09. The summed E-state index contributed by atoms with van der Waals surface area (Å²) < 4.78 is 5.26. The van der Waals surface area contributed by atoms with E-state index in [4.69, 9.17) is 39.5 Å². The molecule has 0 amide bonds. The molecule has 19 heavy (non-hydrogen) atoms. The molecule has 0 aliphatic heterocycles. The van der Waals surface area contributed by atoms with Gasteiger partial charge in [0.05, 0.1) is 15.7 Å². The second-order valence-corrected chi connectivity index (χ2v) is 6.39. The van der Waals surface area contributed by atoms with Gasteiger partial charge in [-0.2, -0.15) is 0 Å². The molecule has 6 heteroatoms. The van der Waals surface area contributed by atoms with E-state index in [-0.39, 0.29) is 5.97 Å². The molecule has 1 aromatic rings. The molecule has 0 aliphatic carbocycles. The summed E-state index contributed by atoms with van der Waals surface area (Å²) in [4.78, 5) is 11.9. The highest BCUT2D eigenvalue weighted by molar-refractivity contribution is 6.41. The third-order valence-electron chi connectivity index (χ3n) is 2.13. The van der Waals surface area contributed by atoms with Crippen LogP contribution < -0.4 is 5.32 Å². The minimum atomic E-state index is -0.574. The Morgan fingerprint density at radius 1 is 1.21 bits per heavy atom. The topological polar surface area (TPSA) is 38.3 Å². The van der Waals surface area contributed by atoms with E-state index in [1.807, 2.05) is 0 Å². The normalized spacial score (nSPS) is 13.0. The molecule has 0 aromatic heterocycles. The Balaban J connectivity index is 2.83. The van der Waals surface area contributed by atoms with Gasteiger partial charge in [0.1, 0.15) is 11.6 Å². The molecular weight excluding hydrogens is 309 g/mol. The Morgan fingerprint density at radius 2 is 1.68 bits per heavy atom. The fraction of sp³-hybridized carbons (Fsp3) is 0.462. The van der Waals surface area contributed by atoms with Crippen LogP contribution >= 0.6 is 34.8 Å². The average molecular weight is 325 g/mol. The van der Waals surface area contributed by atoms with E-state index in [9.17, 15) is 4.79 Å². The van der Waals surface area contributed by atoms with Gasteiger partial charge in [-0.15, -0.1) is 0 Å². The van der Waals surface area contributed by atoms with E-state index in [2.05, 4.69) is 5.32 Å². The maximum absolute atomic E-state index is 11.9. The zero-order valence-corrected chi connectivity index (χ0v) is 13.5. The average Bonchev–Trinajstić information content (AvgIpc) is 2.20. The van der Waals surface area contributed by atoms with E-state index in [0.717, 1.165) is 0 Å². The highest BCUT2D eigenvalue weighted by Crippen LogP contribution is 2.34. The molecule has 3 nitrogen and oxygen atoms in total. The molecule has 106 valence electrons. The summed E-state index contributed by atoms with van der Waals surface area (Å²) in [5.74, 6) is -0.380. The van der Waals surface area contributed by atoms with Gasteiger partial charge in [-0.1, -0.05) is 34.8 Å². The van der Waals surface area contributed by atoms with Crippen molar-refractivity contribution in [2.45, 2.75) is 39.3 Å². The summed E-state index contributed by atoms with van der Waals surface area (Å²) >= 11 is 17.9. The molecular formula is C13H16Cl3NO2. The van der Waals surface area contributed by atoms with E-state index in [1.165, 1.54) is 0 Å². The van der Waals surface area contributed by atoms with Crippen LogP contribution in [0, 0.1) is 0 Å². The summed E-state index contributed by atoms with van der Waals surface area (Å²) in [5, 5.41) is 4.08. The van der Waals surface area contributed by atoms with E-state index in [0.29, 0.717) is 20.8 Å². The van der Waals surface area contributed by atoms with Gasteiger partial charge in [0.25, 0.3) is 0 Å². The fourth-order valence-corrected chi connectivity index (χ4v) is 2.27. The van der Waals surface area contributed by atoms with Crippen molar-refractivity contribution >= 4 is 46.5 Å². The molecule has 1 unspecified atom stereocenters. The van der Waals surface area contributed by atoms with Crippen molar-refractivity contribution in [3.8, 4) is 0 Å². The third-order valence-corrected chi connectivity index (χ3v) is 2.94. The van der Waals surface area contributed by atoms with Gasteiger partial charge >= 0.3 is 5.97 Å². The van der Waals surface area contributed by atoms with Gasteiger partial charge in [-0.3, -0.25) is 0 Å². The van der Waals surface area contributed by atoms with Crippen LogP contribution in [0.2, 0.25) is 15.1 Å². The second-order valence-electron chi connectivity index (χ2n) is 5.14. The van der Waals surface area contributed by atoms with Crippen molar-refractivity contribution in [1.29, 1.82) is 0 Å². The van der Waals surface area contributed by atoms with E-state index < -0.39 is 11.6 Å². The zero-order valence-electron chi connectivity index (χ0n) is 11.2. The van der Waals surface area contributed by atoms with Crippen LogP contribution in [0.4, 0.5) is 5.69 Å². The lowest BCUT2D eigenvalue weighted by molar-refractivity contribution is -0.155. The number of benzene rings is 1. The number of ether oxygens (including phenoxy) is 1. The summed E-state index contributed by atoms with van der Waals surface area (Å²) in [5.41, 5.74) is -0.0771. The van der Waals surface area contributed by atoms with Crippen LogP contribution in [0.5, 0.6) is 0 Å². The number of carbonyl (C=O) groups excluding carboxylic acids is 1. The van der Waals surface area contributed by atoms with Crippen LogP contribution in [-0.2, 0) is 9.53 Å². The summed E-state index contributed by atoms with van der Waals surface area (Å²) in [7, 11) is 0. The van der Waals surface area contributed by atoms with E-state index >= 15 is 0 Å². The number of hydrogen-bond donors (Lipinski definition) is 1. The largest absolute Gasteiger partial charge is 0.458 e. The molecule has 0 heterocycles. The monoisotopic (exact) mass is 323 g/mol. The molecule has 1 atom stereocenters. The molecule has 0 fully saturated rings. The van der Waals surface area contributed by atoms with Gasteiger partial charge in [0, 0.05) is 5.02 Å². The predicted octanol–water partition coefficient (Wildman–Crippen LogP) is 4.79. The number of rotatable bonds is 3. The minimum Gasteiger partial charge on any atom is -0.458 e. The number of carbonyl (C=O) groups is 1. The van der Waals surface area contributed by atoms with E-state index in [1.54, 1.807) is 39.8 Å². The predicted molar refractivity (Wildman–Crippen MR) is 80.4 cm³/mol. The lowest BCUT2D eigenvalue weighted by Gasteiger charge is -2.23. The van der Waals surface area contributed by atoms with Crippen molar-refractivity contribution in [2.24, 2.45) is 0 Å². The standard InChI is InChI=1S/C13H16Cl3NO2/c1-7(12(18)19-13(2,3)4)17-11-9(15)5-8(14)6-10(11)16/h5-7,17H,1-4H3. The van der Waals surface area contributed by atoms with Crippen molar-refractivity contribution in [3.63, 3.8) is 0 Å². The van der Waals surface area contributed by atoms with Crippen LogP contribution in [0.25, 0.3) is 0 Å². The van der Waals surface area contributed by atoms with Crippen molar-refractivity contribution in [1.82, 2.24) is 0 Å². The number of nitrogens with one attached hydrogen (secondary N) is 1. The minimum absolute atomic E-state index is 0.355. The lowest BCUT2D eigenvalue weighted by Crippen LogP contribution is -2.34. The summed E-state index contributed by atoms with van der Waals surface area (Å²) in [6, 6.07) is 2.54. The van der Waals surface area contributed by atoms with Crippen LogP contribution in [-0.4, -0.2) is 17.6 Å². The number of anilines is 1. The van der Waals surface area contributed by atoms with Crippen molar-refractivity contribution < 1.29 is 9.53 Å². The Kier molecular flexibility index (Phi) is 5.36. The number of halogens is 3. The molecule has 1 rings (SSSR count). The van der Waals surface area contributed by atoms with Crippen LogP contribution in [0.15, 0.2) is 12.1 Å². The molecule has 0 saturated heterocycles. The SMILES string of the molecule is CC(Nc1c(Cl)cc(Cl)cc1Cl)C(=O)OC(C)(C)C. The number of hydrogen-bond acceptors (Lipinski definition) is 3. The number of esters is 1. The molecule has 0 aliphatic rings. The Hall–Kier alpha value is -0.640. The molecule has 0 spiro atoms. The third kappa shape index (κ3) is 5.09. The molecule has 0 radical (unpaired) electrons. The first-order chi connectivity index (χ1) is 8.60. The highest BCUT2D eigenvalue weighted by atomic mass is 35.5. The quantitative estimate of drug-likeness (QED) is 0.812. The summed E-state index contributed by atoms with van der Waals surface area (Å²) in [6.07, 6.45) is 0. The maximum atomic E-state index is 11.9. The Bertz CT molecular complexity index is 460. The zero-order chi connectivity index (χ0) is 14.8. The Labute approximate surface area is 128 Å². The van der Waals surface area contributed by atoms with Crippen LogP contribution in [0.1, 0.15) is 27.7 Å². The first-order valence-corrected chi connectivity index (χ1v) is 6.87. The second kappa shape index (κ2) is 6.21. The fourth-order valence-electron chi connectivity index (χ4n) is 1.35. The smallest absolute Gasteiger partial charge is 0.328 e. The first-order valence-electron chi connectivity index (χ1n) is 5.74. The van der Waals surface area contributed by atoms with Gasteiger partial charge in [-0.05, 0) is 39.8 Å². The lowest BCUT2D eigenvalue weighted by atomic mass is 10.2. The van der Waals surface area contributed by atoms with Crippen molar-refractivity contribution in [3.05, 3.63) is 27.2 Å². The van der Waals surface area contributed by atoms with Gasteiger partial charge in [-0.25, -0.2) is 4.79 Å². The van der Waals surface area contributed by atoms with Crippen molar-refractivity contribution in [2.75, 3.05) is 5.32 Å². The van der Waals surface area contributed by atoms with Gasteiger partial charge in [0.2, 0.25) is 0 Å². The molecule has 0 bridgehead atoms. The highest BCUT2D eigenvalue weighted by Gasteiger charge is 2.22. The van der Waals surface area contributed by atoms with Gasteiger partial charge < -0.3 is 10.1 Å². The molecule has 1 aromatic carbocycles. The Morgan fingerprint density at radius 3 is 2.11 bits per heavy atom. The maximum Gasteiger partial charge on any atom is 0.328 e. The van der Waals surface area contributed by atoms with Crippen LogP contribution in [0.3, 0.4) is 0 Å².